The minimum absolute atomic E-state index is 0.170. The molecule has 1 amide bonds. The fourth-order valence-electron chi connectivity index (χ4n) is 1.73. The van der Waals surface area contributed by atoms with E-state index in [2.05, 4.69) is 10.3 Å². The van der Waals surface area contributed by atoms with Crippen LogP contribution in [0.2, 0.25) is 0 Å². The molecule has 2 heterocycles. The molecule has 2 atom stereocenters. The molecule has 1 unspecified atom stereocenters. The van der Waals surface area contributed by atoms with Crippen molar-refractivity contribution in [1.29, 1.82) is 0 Å². The lowest BCUT2D eigenvalue weighted by atomic mass is 9.97. The summed E-state index contributed by atoms with van der Waals surface area (Å²) in [6, 6.07) is -0.234. The first kappa shape index (κ1) is 8.65. The molecule has 0 radical (unpaired) electrons. The minimum atomic E-state index is -0.282. The summed E-state index contributed by atoms with van der Waals surface area (Å²) in [6.07, 6.45) is 0.942. The molecule has 1 saturated heterocycles. The van der Waals surface area contributed by atoms with E-state index in [1.165, 1.54) is 0 Å². The number of amides is 1. The van der Waals surface area contributed by atoms with Crippen molar-refractivity contribution in [3.8, 4) is 0 Å². The van der Waals surface area contributed by atoms with Gasteiger partial charge in [0, 0.05) is 11.3 Å². The maximum atomic E-state index is 11.0. The van der Waals surface area contributed by atoms with Crippen LogP contribution >= 0.6 is 11.3 Å². The second-order valence-corrected chi connectivity index (χ2v) is 3.86. The van der Waals surface area contributed by atoms with Crippen LogP contribution in [0.25, 0.3) is 0 Å². The van der Waals surface area contributed by atoms with Crippen LogP contribution in [0.3, 0.4) is 0 Å². The number of hydrogen-bond acceptors (Lipinski definition) is 4. The second-order valence-electron chi connectivity index (χ2n) is 3.14. The molecule has 5 heteroatoms. The van der Waals surface area contributed by atoms with Gasteiger partial charge in [0.05, 0.1) is 17.2 Å². The highest BCUT2D eigenvalue weighted by Crippen LogP contribution is 2.26. The highest BCUT2D eigenvalue weighted by Gasteiger charge is 2.33. The van der Waals surface area contributed by atoms with Crippen molar-refractivity contribution >= 4 is 17.2 Å². The molecule has 70 valence electrons. The molecular weight excluding hydrogens is 186 g/mol. The summed E-state index contributed by atoms with van der Waals surface area (Å²) in [5.41, 5.74) is 8.04. The van der Waals surface area contributed by atoms with E-state index in [1.54, 1.807) is 16.8 Å². The van der Waals surface area contributed by atoms with Crippen LogP contribution in [-0.4, -0.2) is 23.5 Å². The van der Waals surface area contributed by atoms with Crippen LogP contribution in [0.15, 0.2) is 10.9 Å². The van der Waals surface area contributed by atoms with Crippen LogP contribution in [0.4, 0.5) is 0 Å². The summed E-state index contributed by atoms with van der Waals surface area (Å²) in [4.78, 5) is 15.2. The zero-order valence-electron chi connectivity index (χ0n) is 7.06. The fourth-order valence-corrected chi connectivity index (χ4v) is 2.34. The number of carbonyl (C=O) groups excluding carboxylic acids is 1. The number of nitrogens with zero attached hydrogens (tertiary/aromatic N) is 1. The molecule has 2 rings (SSSR count). The van der Waals surface area contributed by atoms with Gasteiger partial charge in [0.2, 0.25) is 5.91 Å². The number of thiazole rings is 1. The van der Waals surface area contributed by atoms with Crippen LogP contribution in [0, 0.1) is 0 Å². The van der Waals surface area contributed by atoms with Crippen LogP contribution < -0.4 is 11.1 Å². The highest BCUT2D eigenvalue weighted by atomic mass is 32.1. The van der Waals surface area contributed by atoms with Crippen molar-refractivity contribution < 1.29 is 4.79 Å². The molecule has 1 aliphatic heterocycles. The van der Waals surface area contributed by atoms with Gasteiger partial charge in [-0.1, -0.05) is 0 Å². The van der Waals surface area contributed by atoms with Gasteiger partial charge >= 0.3 is 0 Å². The van der Waals surface area contributed by atoms with E-state index in [1.807, 2.05) is 5.38 Å². The monoisotopic (exact) mass is 197 g/mol. The highest BCUT2D eigenvalue weighted by molar-refractivity contribution is 7.07. The predicted octanol–water partition coefficient (Wildman–Crippen LogP) is 0.0739. The minimum Gasteiger partial charge on any atom is -0.368 e. The molecule has 4 nitrogen and oxygen atoms in total. The van der Waals surface area contributed by atoms with E-state index in [-0.39, 0.29) is 17.9 Å². The Morgan fingerprint density at radius 2 is 2.62 bits per heavy atom. The molecule has 1 aromatic rings. The third-order valence-corrected chi connectivity index (χ3v) is 2.96. The van der Waals surface area contributed by atoms with Gasteiger partial charge in [-0.2, -0.15) is 0 Å². The Morgan fingerprint density at radius 3 is 3.23 bits per heavy atom. The lowest BCUT2D eigenvalue weighted by Crippen LogP contribution is -2.39. The summed E-state index contributed by atoms with van der Waals surface area (Å²) >= 11 is 1.55. The molecule has 1 aliphatic rings. The summed E-state index contributed by atoms with van der Waals surface area (Å²) in [7, 11) is 0. The third kappa shape index (κ3) is 1.57. The average Bonchev–Trinajstić information content (AvgIpc) is 2.74. The predicted molar refractivity (Wildman–Crippen MR) is 50.5 cm³/mol. The molecule has 0 aromatic carbocycles. The topological polar surface area (TPSA) is 68.0 Å². The number of rotatable bonds is 2. The van der Waals surface area contributed by atoms with Gasteiger partial charge in [-0.05, 0) is 13.0 Å². The van der Waals surface area contributed by atoms with Crippen molar-refractivity contribution in [2.24, 2.45) is 5.73 Å². The van der Waals surface area contributed by atoms with Gasteiger partial charge in [-0.25, -0.2) is 4.98 Å². The molecule has 0 aliphatic carbocycles. The number of aromatic nitrogens is 1. The van der Waals surface area contributed by atoms with E-state index in [0.29, 0.717) is 0 Å². The Labute approximate surface area is 80.2 Å². The third-order valence-electron chi connectivity index (χ3n) is 2.36. The van der Waals surface area contributed by atoms with Crippen LogP contribution in [0.5, 0.6) is 0 Å². The number of hydrogen-bond donors (Lipinski definition) is 2. The molecule has 1 fully saturated rings. The summed E-state index contributed by atoms with van der Waals surface area (Å²) < 4.78 is 0. The smallest absolute Gasteiger partial charge is 0.235 e. The SMILES string of the molecule is NC(=O)[C@H]1NCCC1c1cscn1. The Kier molecular flexibility index (Phi) is 2.28. The first-order valence-electron chi connectivity index (χ1n) is 4.20. The van der Waals surface area contributed by atoms with E-state index in [0.717, 1.165) is 18.7 Å². The maximum absolute atomic E-state index is 11.0. The lowest BCUT2D eigenvalue weighted by Gasteiger charge is -2.13. The molecular formula is C8H11N3OS. The lowest BCUT2D eigenvalue weighted by molar-refractivity contribution is -0.120. The van der Waals surface area contributed by atoms with Gasteiger partial charge in [0.15, 0.2) is 0 Å². The van der Waals surface area contributed by atoms with E-state index < -0.39 is 0 Å². The number of nitrogens with one attached hydrogen (secondary N) is 1. The van der Waals surface area contributed by atoms with Crippen molar-refractivity contribution in [2.75, 3.05) is 6.54 Å². The number of nitrogens with two attached hydrogens (primary N) is 1. The zero-order chi connectivity index (χ0) is 9.26. The fraction of sp³-hybridized carbons (Fsp3) is 0.500. The van der Waals surface area contributed by atoms with Crippen molar-refractivity contribution in [3.63, 3.8) is 0 Å². The van der Waals surface area contributed by atoms with Gasteiger partial charge in [-0.15, -0.1) is 11.3 Å². The maximum Gasteiger partial charge on any atom is 0.235 e. The van der Waals surface area contributed by atoms with Crippen molar-refractivity contribution in [3.05, 3.63) is 16.6 Å². The summed E-state index contributed by atoms with van der Waals surface area (Å²) in [5, 5.41) is 5.06. The first-order chi connectivity index (χ1) is 6.29. The number of primary amides is 1. The second kappa shape index (κ2) is 3.43. The normalized spacial score (nSPS) is 27.7. The van der Waals surface area contributed by atoms with Crippen LogP contribution in [-0.2, 0) is 4.79 Å². The van der Waals surface area contributed by atoms with E-state index >= 15 is 0 Å². The van der Waals surface area contributed by atoms with E-state index in [4.69, 9.17) is 5.73 Å². The molecule has 0 bridgehead atoms. The quantitative estimate of drug-likeness (QED) is 0.705. The summed E-state index contributed by atoms with van der Waals surface area (Å²) in [5.74, 6) is -0.112. The van der Waals surface area contributed by atoms with Gasteiger partial charge in [0.25, 0.3) is 0 Å². The number of carbonyl (C=O) groups is 1. The first-order valence-corrected chi connectivity index (χ1v) is 5.14. The Hall–Kier alpha value is -0.940. The summed E-state index contributed by atoms with van der Waals surface area (Å²) in [6.45, 7) is 0.843. The molecule has 1 aromatic heterocycles. The largest absolute Gasteiger partial charge is 0.368 e. The van der Waals surface area contributed by atoms with Crippen molar-refractivity contribution in [2.45, 2.75) is 18.4 Å². The van der Waals surface area contributed by atoms with E-state index in [9.17, 15) is 4.79 Å². The molecule has 13 heavy (non-hydrogen) atoms. The Balaban J connectivity index is 2.19. The van der Waals surface area contributed by atoms with Gasteiger partial charge < -0.3 is 11.1 Å². The molecule has 3 N–H and O–H groups in total. The van der Waals surface area contributed by atoms with Crippen LogP contribution in [0.1, 0.15) is 18.0 Å². The Bertz CT molecular complexity index is 298. The molecule has 0 spiro atoms. The van der Waals surface area contributed by atoms with Crippen molar-refractivity contribution in [1.82, 2.24) is 10.3 Å². The standard InChI is InChI=1S/C8H11N3OS/c9-8(12)7-5(1-2-10-7)6-3-13-4-11-6/h3-5,7,10H,1-2H2,(H2,9,12)/t5?,7-/m0/s1. The van der Waals surface area contributed by atoms with Gasteiger partial charge in [0.1, 0.15) is 0 Å². The molecule has 0 saturated carbocycles. The Morgan fingerprint density at radius 1 is 1.77 bits per heavy atom. The van der Waals surface area contributed by atoms with Gasteiger partial charge in [-0.3, -0.25) is 4.79 Å². The average molecular weight is 197 g/mol. The zero-order valence-corrected chi connectivity index (χ0v) is 7.88.